The third kappa shape index (κ3) is 5.27. The molecule has 0 bridgehead atoms. The summed E-state index contributed by atoms with van der Waals surface area (Å²) in [5.74, 6) is 1.30. The van der Waals surface area contributed by atoms with Crippen molar-refractivity contribution in [2.45, 2.75) is 30.2 Å². The normalized spacial score (nSPS) is 15.7. The van der Waals surface area contributed by atoms with Gasteiger partial charge in [0, 0.05) is 19.1 Å². The van der Waals surface area contributed by atoms with E-state index in [-0.39, 0.29) is 23.3 Å². The molecule has 0 aromatic heterocycles. The Morgan fingerprint density at radius 2 is 1.48 bits per heavy atom. The van der Waals surface area contributed by atoms with E-state index in [2.05, 4.69) is 5.32 Å². The summed E-state index contributed by atoms with van der Waals surface area (Å²) in [5, 5.41) is 3.01. The average molecular weight is 419 g/mol. The molecule has 1 heterocycles. The number of carbonyl (C=O) groups excluding carboxylic acids is 1. The van der Waals surface area contributed by atoms with Gasteiger partial charge in [-0.25, -0.2) is 8.42 Å². The van der Waals surface area contributed by atoms with E-state index in [0.717, 1.165) is 11.3 Å². The molecule has 7 nitrogen and oxygen atoms in total. The van der Waals surface area contributed by atoms with Gasteiger partial charge in [-0.3, -0.25) is 4.79 Å². The summed E-state index contributed by atoms with van der Waals surface area (Å²) >= 11 is 0. The third-order valence-electron chi connectivity index (χ3n) is 5.04. The van der Waals surface area contributed by atoms with E-state index in [9.17, 15) is 13.2 Å². The van der Waals surface area contributed by atoms with Crippen molar-refractivity contribution in [3.8, 4) is 11.5 Å². The summed E-state index contributed by atoms with van der Waals surface area (Å²) in [6, 6.07) is 13.7. The number of methoxy groups -OCH3 is 2. The fourth-order valence-electron chi connectivity index (χ4n) is 3.34. The highest BCUT2D eigenvalue weighted by Gasteiger charge is 2.29. The van der Waals surface area contributed by atoms with Gasteiger partial charge in [0.05, 0.1) is 25.5 Å². The van der Waals surface area contributed by atoms with E-state index < -0.39 is 10.0 Å². The van der Waals surface area contributed by atoms with Crippen molar-refractivity contribution >= 4 is 15.9 Å². The van der Waals surface area contributed by atoms with Crippen LogP contribution in [0.4, 0.5) is 0 Å². The Morgan fingerprint density at radius 1 is 0.966 bits per heavy atom. The number of rotatable bonds is 7. The average Bonchev–Trinajstić information content (AvgIpc) is 2.74. The minimum absolute atomic E-state index is 0.0249. The monoisotopic (exact) mass is 418 g/mol. The van der Waals surface area contributed by atoms with Gasteiger partial charge in [-0.15, -0.1) is 0 Å². The quantitative estimate of drug-likeness (QED) is 0.745. The number of nitrogens with one attached hydrogen (secondary N) is 1. The number of nitrogens with zero attached hydrogens (tertiary/aromatic N) is 1. The first-order valence-corrected chi connectivity index (χ1v) is 10.9. The van der Waals surface area contributed by atoms with Crippen LogP contribution in [0, 0.1) is 0 Å². The lowest BCUT2D eigenvalue weighted by Crippen LogP contribution is -2.46. The summed E-state index contributed by atoms with van der Waals surface area (Å²) < 4.78 is 37.3. The van der Waals surface area contributed by atoms with Gasteiger partial charge < -0.3 is 14.8 Å². The van der Waals surface area contributed by atoms with E-state index >= 15 is 0 Å². The van der Waals surface area contributed by atoms with Crippen LogP contribution in [0.15, 0.2) is 53.4 Å². The van der Waals surface area contributed by atoms with E-state index in [0.29, 0.717) is 31.7 Å². The van der Waals surface area contributed by atoms with Crippen LogP contribution in [-0.4, -0.2) is 52.0 Å². The lowest BCUT2D eigenvalue weighted by molar-refractivity contribution is -0.121. The zero-order valence-electron chi connectivity index (χ0n) is 16.6. The number of amides is 1. The predicted octanol–water partition coefficient (Wildman–Crippen LogP) is 2.22. The zero-order chi connectivity index (χ0) is 20.9. The molecule has 2 aromatic rings. The molecule has 0 unspecified atom stereocenters. The van der Waals surface area contributed by atoms with E-state index in [1.807, 2.05) is 24.3 Å². The minimum atomic E-state index is -3.54. The number of sulfonamides is 1. The van der Waals surface area contributed by atoms with Crippen LogP contribution in [0.5, 0.6) is 11.5 Å². The number of piperidine rings is 1. The molecule has 0 atom stereocenters. The smallest absolute Gasteiger partial charge is 0.243 e. The van der Waals surface area contributed by atoms with Gasteiger partial charge in [0.25, 0.3) is 0 Å². The number of carbonyl (C=O) groups is 1. The highest BCUT2D eigenvalue weighted by molar-refractivity contribution is 7.89. The van der Waals surface area contributed by atoms with Gasteiger partial charge in [0.15, 0.2) is 0 Å². The molecule has 0 spiro atoms. The van der Waals surface area contributed by atoms with Gasteiger partial charge in [-0.2, -0.15) is 4.31 Å². The molecule has 1 N–H and O–H groups in total. The van der Waals surface area contributed by atoms with Gasteiger partial charge >= 0.3 is 0 Å². The molecule has 0 radical (unpaired) electrons. The van der Waals surface area contributed by atoms with Crippen molar-refractivity contribution in [2.24, 2.45) is 0 Å². The Bertz CT molecular complexity index is 919. The second kappa shape index (κ2) is 9.28. The van der Waals surface area contributed by atoms with Crippen molar-refractivity contribution in [3.63, 3.8) is 0 Å². The number of ether oxygens (including phenoxy) is 2. The molecule has 8 heteroatoms. The molecule has 1 aliphatic rings. The van der Waals surface area contributed by atoms with E-state index in [1.54, 1.807) is 31.4 Å². The number of hydrogen-bond donors (Lipinski definition) is 1. The van der Waals surface area contributed by atoms with Crippen molar-refractivity contribution < 1.29 is 22.7 Å². The molecular weight excluding hydrogens is 392 g/mol. The molecule has 29 heavy (non-hydrogen) atoms. The van der Waals surface area contributed by atoms with Crippen molar-refractivity contribution in [1.29, 1.82) is 0 Å². The molecule has 0 aliphatic carbocycles. The molecule has 156 valence electrons. The maximum Gasteiger partial charge on any atom is 0.243 e. The fourth-order valence-corrected chi connectivity index (χ4v) is 4.81. The van der Waals surface area contributed by atoms with Gasteiger partial charge in [-0.1, -0.05) is 12.1 Å². The largest absolute Gasteiger partial charge is 0.497 e. The lowest BCUT2D eigenvalue weighted by atomic mass is 10.1. The maximum absolute atomic E-state index is 12.8. The van der Waals surface area contributed by atoms with E-state index in [1.165, 1.54) is 11.4 Å². The van der Waals surface area contributed by atoms with Crippen molar-refractivity contribution in [1.82, 2.24) is 9.62 Å². The molecule has 3 rings (SSSR count). The van der Waals surface area contributed by atoms with Crippen molar-refractivity contribution in [2.75, 3.05) is 27.3 Å². The Kier molecular flexibility index (Phi) is 6.76. The number of hydrogen-bond acceptors (Lipinski definition) is 5. The highest BCUT2D eigenvalue weighted by atomic mass is 32.2. The van der Waals surface area contributed by atoms with Crippen LogP contribution in [0.3, 0.4) is 0 Å². The van der Waals surface area contributed by atoms with Gasteiger partial charge in [-0.05, 0) is 54.8 Å². The van der Waals surface area contributed by atoms with Crippen molar-refractivity contribution in [3.05, 3.63) is 54.1 Å². The third-order valence-corrected chi connectivity index (χ3v) is 6.95. The topological polar surface area (TPSA) is 84.9 Å². The first-order chi connectivity index (χ1) is 13.9. The van der Waals surface area contributed by atoms with Gasteiger partial charge in [0.2, 0.25) is 15.9 Å². The molecule has 2 aromatic carbocycles. The van der Waals surface area contributed by atoms with E-state index in [4.69, 9.17) is 9.47 Å². The maximum atomic E-state index is 12.8. The van der Waals surface area contributed by atoms with Gasteiger partial charge in [0.1, 0.15) is 11.5 Å². The molecule has 0 saturated carbocycles. The first kappa shape index (κ1) is 21.1. The van der Waals surface area contributed by atoms with Crippen LogP contribution in [0.2, 0.25) is 0 Å². The molecular formula is C21H26N2O5S. The second-order valence-electron chi connectivity index (χ2n) is 6.95. The van der Waals surface area contributed by atoms with Crippen LogP contribution < -0.4 is 14.8 Å². The summed E-state index contributed by atoms with van der Waals surface area (Å²) in [5.41, 5.74) is 0.905. The van der Waals surface area contributed by atoms with Crippen LogP contribution in [-0.2, 0) is 21.2 Å². The molecule has 1 aliphatic heterocycles. The van der Waals surface area contributed by atoms with Crippen LogP contribution >= 0.6 is 0 Å². The summed E-state index contributed by atoms with van der Waals surface area (Å²) in [6.45, 7) is 0.754. The molecule has 1 amide bonds. The molecule has 1 fully saturated rings. The van der Waals surface area contributed by atoms with Crippen LogP contribution in [0.25, 0.3) is 0 Å². The fraction of sp³-hybridized carbons (Fsp3) is 0.381. The lowest BCUT2D eigenvalue weighted by Gasteiger charge is -2.31. The Hall–Kier alpha value is -2.58. The zero-order valence-corrected chi connectivity index (χ0v) is 17.4. The minimum Gasteiger partial charge on any atom is -0.497 e. The number of benzene rings is 2. The SMILES string of the molecule is COc1ccc(CC(=O)NC2CCN(S(=O)(=O)c3ccc(OC)cc3)CC2)cc1. The second-order valence-corrected chi connectivity index (χ2v) is 8.88. The Balaban J connectivity index is 1.52. The first-order valence-electron chi connectivity index (χ1n) is 9.49. The highest BCUT2D eigenvalue weighted by Crippen LogP contribution is 2.23. The van der Waals surface area contributed by atoms with Crippen LogP contribution in [0.1, 0.15) is 18.4 Å². The summed E-state index contributed by atoms with van der Waals surface area (Å²) in [6.07, 6.45) is 1.46. The standard InChI is InChI=1S/C21H26N2O5S/c1-27-18-5-3-16(4-6-18)15-21(24)22-17-11-13-23(14-12-17)29(25,26)20-9-7-19(28-2)8-10-20/h3-10,17H,11-15H2,1-2H3,(H,22,24). The molecule has 1 saturated heterocycles. The Morgan fingerprint density at radius 3 is 2.00 bits per heavy atom. The summed E-state index contributed by atoms with van der Waals surface area (Å²) in [4.78, 5) is 12.6. The summed E-state index contributed by atoms with van der Waals surface area (Å²) in [7, 11) is -0.402. The predicted molar refractivity (Wildman–Crippen MR) is 110 cm³/mol. The Labute approximate surface area is 171 Å².